The van der Waals surface area contributed by atoms with Crippen LogP contribution in [0.15, 0.2) is 231 Å². The van der Waals surface area contributed by atoms with Gasteiger partial charge in [0, 0.05) is 12.8 Å². The van der Waals surface area contributed by atoms with E-state index in [1.54, 1.807) is 0 Å². The number of nitrogens with zero attached hydrogens (tertiary/aromatic N) is 1. The van der Waals surface area contributed by atoms with Gasteiger partial charge in [-0.25, -0.2) is 0 Å². The Labute approximate surface area is 575 Å². The van der Waals surface area contributed by atoms with Crippen LogP contribution in [0.4, 0.5) is 0 Å². The zero-order valence-corrected chi connectivity index (χ0v) is 60.4. The molecule has 524 valence electrons. The molecule has 9 nitrogen and oxygen atoms in total. The fourth-order valence-electron chi connectivity index (χ4n) is 8.73. The maximum Gasteiger partial charge on any atom is 0.306 e. The van der Waals surface area contributed by atoms with Gasteiger partial charge >= 0.3 is 11.9 Å². The van der Waals surface area contributed by atoms with Gasteiger partial charge in [0.25, 0.3) is 7.82 Å². The minimum absolute atomic E-state index is 0.0538. The van der Waals surface area contributed by atoms with Crippen LogP contribution in [-0.2, 0) is 32.7 Å². The smallest absolute Gasteiger partial charge is 0.306 e. The quantitative estimate of drug-likeness (QED) is 0.0195. The molecule has 0 aliphatic rings. The van der Waals surface area contributed by atoms with Crippen molar-refractivity contribution in [1.82, 2.24) is 0 Å². The van der Waals surface area contributed by atoms with Crippen molar-refractivity contribution in [1.29, 1.82) is 0 Å². The van der Waals surface area contributed by atoms with Crippen LogP contribution in [0.25, 0.3) is 0 Å². The second-order valence-electron chi connectivity index (χ2n) is 24.1. The summed E-state index contributed by atoms with van der Waals surface area (Å²) >= 11 is 0. The van der Waals surface area contributed by atoms with Gasteiger partial charge in [0.05, 0.1) is 27.7 Å². The highest BCUT2D eigenvalue weighted by Gasteiger charge is 2.22. The summed E-state index contributed by atoms with van der Waals surface area (Å²) in [6.45, 7) is 3.92. The lowest BCUT2D eigenvalue weighted by molar-refractivity contribution is -0.870. The van der Waals surface area contributed by atoms with Gasteiger partial charge in [-0.3, -0.25) is 14.2 Å². The van der Waals surface area contributed by atoms with Crippen LogP contribution in [0.2, 0.25) is 0 Å². The third-order valence-electron chi connectivity index (χ3n) is 14.2. The average molecular weight is 1310 g/mol. The Balaban J connectivity index is 4.24. The van der Waals surface area contributed by atoms with Gasteiger partial charge < -0.3 is 27.9 Å². The van der Waals surface area contributed by atoms with E-state index in [-0.39, 0.29) is 26.1 Å². The Morgan fingerprint density at radius 3 is 0.872 bits per heavy atom. The Morgan fingerprint density at radius 2 is 0.574 bits per heavy atom. The number of rotatable bonds is 63. The summed E-state index contributed by atoms with van der Waals surface area (Å²) in [5, 5.41) is 0. The van der Waals surface area contributed by atoms with E-state index in [0.29, 0.717) is 23.9 Å². The number of phosphoric ester groups is 1. The standard InChI is InChI=1S/C84H130NO8P/c1-6-8-10-12-14-16-18-20-22-24-26-28-30-32-34-36-38-39-40-41-42-43-44-45-47-49-51-53-55-57-59-61-63-65-67-69-71-73-75-77-84(87)93-82(81-92-94(88,89)91-79-78-85(3,4)5)80-90-83(86)76-74-72-70-68-66-64-62-60-58-56-54-52-50-48-46-37-35-33-31-29-27-25-23-21-19-17-15-13-11-9-7-2/h8-11,14-17,20-23,26-29,32-35,38-39,41-42,44-46,48-49,51-52,54-55,57,61,63,67,69,82H,6-7,12-13,18-19,24-25,30-31,36-37,40,43,47,50,53,56,58-60,62,64-66,68,70-81H2,1-5H3/b10-8-,11-9-,16-14-,17-15-,22-20-,23-21-,28-26-,29-27-,34-32-,35-33-,39-38-,42-41-,45-44-,48-46-,51-49-,54-52-,57-55-,63-61-,69-67-. The predicted molar refractivity (Wildman–Crippen MR) is 405 cm³/mol. The molecule has 0 fully saturated rings. The number of unbranched alkanes of at least 4 members (excludes halogenated alkanes) is 11. The predicted octanol–water partition coefficient (Wildman–Crippen LogP) is 23.5. The summed E-state index contributed by atoms with van der Waals surface area (Å²) in [7, 11) is 1.10. The van der Waals surface area contributed by atoms with Crippen molar-refractivity contribution >= 4 is 19.8 Å². The second-order valence-corrected chi connectivity index (χ2v) is 25.5. The van der Waals surface area contributed by atoms with E-state index in [1.165, 1.54) is 32.1 Å². The molecule has 2 atom stereocenters. The SMILES string of the molecule is CC/C=C\C/C=C\C/C=C\C/C=C\C/C=C\C/C=C\C/C=C\C/C=C\C/C=C\C/C=C\C/C=C\C/C=C\CCCCC(=O)OC(COC(=O)CCCCCCCCCCC/C=C\C/C=C\C/C=C\C/C=C\C/C=C\C/C=C\C/C=C\CC)COP(=O)([O-])OCC[N+](C)(C)C. The zero-order valence-electron chi connectivity index (χ0n) is 59.5. The molecular weight excluding hydrogens is 1180 g/mol. The normalized spacial score (nSPS) is 14.5. The number of carbonyl (C=O) groups is 2. The van der Waals surface area contributed by atoms with Crippen LogP contribution in [0, 0.1) is 0 Å². The molecule has 2 unspecified atom stereocenters. The van der Waals surface area contributed by atoms with Gasteiger partial charge in [-0.05, 0) is 161 Å². The van der Waals surface area contributed by atoms with Crippen LogP contribution in [0.1, 0.15) is 232 Å². The Kier molecular flexibility index (Phi) is 66.9. The molecule has 0 saturated carbocycles. The molecular formula is C84H130NO8P. The van der Waals surface area contributed by atoms with Gasteiger partial charge in [-0.1, -0.05) is 290 Å². The van der Waals surface area contributed by atoms with Gasteiger partial charge in [0.2, 0.25) is 0 Å². The number of hydrogen-bond acceptors (Lipinski definition) is 8. The number of carbonyl (C=O) groups excluding carboxylic acids is 2. The van der Waals surface area contributed by atoms with Crippen LogP contribution in [0.3, 0.4) is 0 Å². The first-order chi connectivity index (χ1) is 46.0. The molecule has 10 heteroatoms. The van der Waals surface area contributed by atoms with E-state index in [2.05, 4.69) is 245 Å². The highest BCUT2D eigenvalue weighted by atomic mass is 31.2. The lowest BCUT2D eigenvalue weighted by Gasteiger charge is -2.28. The van der Waals surface area contributed by atoms with Crippen molar-refractivity contribution in [2.24, 2.45) is 0 Å². The highest BCUT2D eigenvalue weighted by Crippen LogP contribution is 2.38. The van der Waals surface area contributed by atoms with E-state index in [1.807, 2.05) is 21.1 Å². The molecule has 0 aliphatic carbocycles. The van der Waals surface area contributed by atoms with E-state index < -0.39 is 32.5 Å². The van der Waals surface area contributed by atoms with Crippen LogP contribution >= 0.6 is 7.82 Å². The largest absolute Gasteiger partial charge is 0.756 e. The van der Waals surface area contributed by atoms with E-state index >= 15 is 0 Å². The van der Waals surface area contributed by atoms with Gasteiger partial charge in [0.1, 0.15) is 19.8 Å². The first kappa shape index (κ1) is 88.1. The number of likely N-dealkylation sites (N-methyl/N-ethyl adjacent to an activating group) is 1. The van der Waals surface area contributed by atoms with Gasteiger partial charge in [-0.2, -0.15) is 0 Å². The Morgan fingerprint density at radius 1 is 0.330 bits per heavy atom. The summed E-state index contributed by atoms with van der Waals surface area (Å²) < 4.78 is 34.2. The zero-order chi connectivity index (χ0) is 68.3. The van der Waals surface area contributed by atoms with Crippen LogP contribution < -0.4 is 4.89 Å². The minimum atomic E-state index is -4.68. The summed E-state index contributed by atoms with van der Waals surface area (Å²) in [6.07, 6.45) is 116. The van der Waals surface area contributed by atoms with E-state index in [9.17, 15) is 19.0 Å². The Bertz CT molecular complexity index is 2440. The number of hydrogen-bond donors (Lipinski definition) is 0. The van der Waals surface area contributed by atoms with E-state index in [4.69, 9.17) is 18.5 Å². The van der Waals surface area contributed by atoms with Gasteiger partial charge in [-0.15, -0.1) is 0 Å². The maximum atomic E-state index is 12.9. The van der Waals surface area contributed by atoms with Crippen molar-refractivity contribution < 1.29 is 42.1 Å². The number of ether oxygens (including phenoxy) is 2. The highest BCUT2D eigenvalue weighted by molar-refractivity contribution is 7.45. The minimum Gasteiger partial charge on any atom is -0.756 e. The maximum absolute atomic E-state index is 12.9. The van der Waals surface area contributed by atoms with Crippen molar-refractivity contribution in [3.8, 4) is 0 Å². The van der Waals surface area contributed by atoms with Gasteiger partial charge in [0.15, 0.2) is 6.10 Å². The average Bonchev–Trinajstić information content (AvgIpc) is 1.56. The summed E-state index contributed by atoms with van der Waals surface area (Å²) in [5.41, 5.74) is 0. The lowest BCUT2D eigenvalue weighted by Crippen LogP contribution is -2.37. The monoisotopic (exact) mass is 1310 g/mol. The lowest BCUT2D eigenvalue weighted by atomic mass is 10.1. The number of quaternary nitrogens is 1. The van der Waals surface area contributed by atoms with Crippen molar-refractivity contribution in [2.75, 3.05) is 47.5 Å². The molecule has 0 heterocycles. The summed E-state index contributed by atoms with van der Waals surface area (Å²) in [4.78, 5) is 38.1. The van der Waals surface area contributed by atoms with Crippen molar-refractivity contribution in [3.05, 3.63) is 231 Å². The third-order valence-corrected chi connectivity index (χ3v) is 15.1. The molecule has 0 aromatic rings. The molecule has 0 N–H and O–H groups in total. The molecule has 0 amide bonds. The number of esters is 2. The molecule has 0 aromatic carbocycles. The summed E-state index contributed by atoms with van der Waals surface area (Å²) in [5.74, 6) is -0.911. The third kappa shape index (κ3) is 75.1. The molecule has 0 radical (unpaired) electrons. The van der Waals surface area contributed by atoms with Crippen LogP contribution in [-0.4, -0.2) is 70.0 Å². The molecule has 0 bridgehead atoms. The number of phosphoric acid groups is 1. The fourth-order valence-corrected chi connectivity index (χ4v) is 9.46. The summed E-state index contributed by atoms with van der Waals surface area (Å²) in [6, 6.07) is 0. The molecule has 0 rings (SSSR count). The first-order valence-electron chi connectivity index (χ1n) is 36.1. The molecule has 0 aliphatic heterocycles. The van der Waals surface area contributed by atoms with Crippen LogP contribution in [0.5, 0.6) is 0 Å². The topological polar surface area (TPSA) is 111 Å². The molecule has 94 heavy (non-hydrogen) atoms. The molecule has 0 saturated heterocycles. The second kappa shape index (κ2) is 71.4. The molecule has 0 spiro atoms. The number of allylic oxidation sites excluding steroid dienone is 38. The van der Waals surface area contributed by atoms with Crippen molar-refractivity contribution in [2.45, 2.75) is 238 Å². The van der Waals surface area contributed by atoms with Crippen molar-refractivity contribution in [3.63, 3.8) is 0 Å². The first-order valence-corrected chi connectivity index (χ1v) is 37.6. The van der Waals surface area contributed by atoms with E-state index in [0.717, 1.165) is 161 Å². The fraction of sp³-hybridized carbons (Fsp3) is 0.524. The Hall–Kier alpha value is -5.93. The molecule has 0 aromatic heterocycles.